The average molecular weight is 230 g/mol. The molecule has 0 amide bonds. The highest BCUT2D eigenvalue weighted by atomic mass is 28.4. The summed E-state index contributed by atoms with van der Waals surface area (Å²) in [5.41, 5.74) is 0.183. The van der Waals surface area contributed by atoms with E-state index in [1.807, 2.05) is 7.11 Å². The number of ether oxygens (including phenoxy) is 1. The van der Waals surface area contributed by atoms with Crippen LogP contribution in [0.3, 0.4) is 0 Å². The summed E-state index contributed by atoms with van der Waals surface area (Å²) in [6.45, 7) is 12.3. The molecule has 0 unspecified atom stereocenters. The quantitative estimate of drug-likeness (QED) is 0.672. The zero-order chi connectivity index (χ0) is 11.7. The van der Waals surface area contributed by atoms with Gasteiger partial charge in [-0.25, -0.2) is 0 Å². The minimum absolute atomic E-state index is 0.183. The van der Waals surface area contributed by atoms with Crippen molar-refractivity contribution in [1.82, 2.24) is 0 Å². The normalized spacial score (nSPS) is 20.4. The first-order valence-corrected chi connectivity index (χ1v) is 8.82. The molecule has 0 radical (unpaired) electrons. The van der Waals surface area contributed by atoms with Gasteiger partial charge in [-0.05, 0) is 37.4 Å². The monoisotopic (exact) mass is 230 g/mol. The Bertz CT molecular complexity index is 214. The van der Waals surface area contributed by atoms with Crippen LogP contribution in [-0.2, 0) is 9.16 Å². The molecule has 0 N–H and O–H groups in total. The van der Waals surface area contributed by atoms with Crippen molar-refractivity contribution in [3.8, 4) is 0 Å². The van der Waals surface area contributed by atoms with Crippen LogP contribution in [0.2, 0.25) is 18.1 Å². The van der Waals surface area contributed by atoms with E-state index in [4.69, 9.17) is 9.16 Å². The molecular formula is C12H26O2Si. The molecule has 1 aliphatic carbocycles. The van der Waals surface area contributed by atoms with Crippen molar-refractivity contribution < 1.29 is 9.16 Å². The lowest BCUT2D eigenvalue weighted by Gasteiger charge is -2.36. The van der Waals surface area contributed by atoms with E-state index < -0.39 is 8.32 Å². The van der Waals surface area contributed by atoms with E-state index >= 15 is 0 Å². The van der Waals surface area contributed by atoms with Gasteiger partial charge in [0.1, 0.15) is 0 Å². The molecule has 0 aromatic rings. The van der Waals surface area contributed by atoms with E-state index in [2.05, 4.69) is 33.9 Å². The van der Waals surface area contributed by atoms with Gasteiger partial charge in [0.2, 0.25) is 0 Å². The molecule has 0 spiro atoms. The molecule has 1 fully saturated rings. The summed E-state index contributed by atoms with van der Waals surface area (Å²) in [6, 6.07) is 0. The van der Waals surface area contributed by atoms with E-state index in [9.17, 15) is 0 Å². The van der Waals surface area contributed by atoms with Gasteiger partial charge < -0.3 is 9.16 Å². The Labute approximate surface area is 95.5 Å². The van der Waals surface area contributed by atoms with Crippen LogP contribution in [0.5, 0.6) is 0 Å². The van der Waals surface area contributed by atoms with E-state index in [-0.39, 0.29) is 5.60 Å². The molecule has 0 bridgehead atoms. The predicted octanol–water partition coefficient (Wildman–Crippen LogP) is 3.58. The van der Waals surface area contributed by atoms with Crippen molar-refractivity contribution >= 4 is 8.32 Å². The zero-order valence-corrected chi connectivity index (χ0v) is 12.1. The van der Waals surface area contributed by atoms with Gasteiger partial charge in [-0.1, -0.05) is 20.8 Å². The van der Waals surface area contributed by atoms with Gasteiger partial charge in [-0.3, -0.25) is 0 Å². The van der Waals surface area contributed by atoms with Gasteiger partial charge in [-0.2, -0.15) is 0 Å². The van der Waals surface area contributed by atoms with Gasteiger partial charge in [0.05, 0.1) is 5.60 Å². The minimum atomic E-state index is -1.55. The van der Waals surface area contributed by atoms with E-state index in [0.29, 0.717) is 5.04 Å². The van der Waals surface area contributed by atoms with Crippen LogP contribution in [0.15, 0.2) is 0 Å². The lowest BCUT2D eigenvalue weighted by atomic mass is 10.2. The van der Waals surface area contributed by atoms with Crippen LogP contribution in [0.1, 0.15) is 40.0 Å². The van der Waals surface area contributed by atoms with Gasteiger partial charge >= 0.3 is 0 Å². The second kappa shape index (κ2) is 4.19. The maximum Gasteiger partial charge on any atom is 0.191 e. The van der Waals surface area contributed by atoms with Crippen molar-refractivity contribution in [3.63, 3.8) is 0 Å². The second-order valence-electron chi connectivity index (χ2n) is 6.25. The standard InChI is InChI=1S/C12H26O2Si/c1-11(2,3)15(5,6)14-10-9-12(13-4)7-8-12/h7-10H2,1-6H3. The predicted molar refractivity (Wildman–Crippen MR) is 66.7 cm³/mol. The number of rotatable bonds is 5. The Balaban J connectivity index is 2.31. The van der Waals surface area contributed by atoms with Crippen LogP contribution in [-0.4, -0.2) is 27.6 Å². The maximum absolute atomic E-state index is 6.13. The molecule has 0 aromatic carbocycles. The number of hydrogen-bond acceptors (Lipinski definition) is 2. The molecule has 2 nitrogen and oxygen atoms in total. The first kappa shape index (κ1) is 13.2. The van der Waals surface area contributed by atoms with Gasteiger partial charge in [0.15, 0.2) is 8.32 Å². The van der Waals surface area contributed by atoms with Crippen molar-refractivity contribution in [2.45, 2.75) is 63.8 Å². The molecule has 0 aliphatic heterocycles. The zero-order valence-electron chi connectivity index (χ0n) is 11.1. The number of methoxy groups -OCH3 is 1. The second-order valence-corrected chi connectivity index (χ2v) is 11.1. The molecular weight excluding hydrogens is 204 g/mol. The van der Waals surface area contributed by atoms with Gasteiger partial charge in [0, 0.05) is 13.7 Å². The van der Waals surface area contributed by atoms with Crippen LogP contribution in [0.25, 0.3) is 0 Å². The first-order chi connectivity index (χ1) is 6.72. The molecule has 0 aromatic heterocycles. The van der Waals surface area contributed by atoms with Crippen molar-refractivity contribution in [3.05, 3.63) is 0 Å². The largest absolute Gasteiger partial charge is 0.417 e. The van der Waals surface area contributed by atoms with Crippen molar-refractivity contribution in [2.24, 2.45) is 0 Å². The Morgan fingerprint density at radius 1 is 1.20 bits per heavy atom. The van der Waals surface area contributed by atoms with Crippen molar-refractivity contribution in [1.29, 1.82) is 0 Å². The third-order valence-corrected chi connectivity index (χ3v) is 8.61. The Kier molecular flexibility index (Phi) is 3.69. The maximum atomic E-state index is 6.13. The molecule has 90 valence electrons. The van der Waals surface area contributed by atoms with Crippen LogP contribution < -0.4 is 0 Å². The van der Waals surface area contributed by atoms with Crippen molar-refractivity contribution in [2.75, 3.05) is 13.7 Å². The molecule has 1 rings (SSSR count). The van der Waals surface area contributed by atoms with Crippen LogP contribution in [0, 0.1) is 0 Å². The highest BCUT2D eigenvalue weighted by molar-refractivity contribution is 6.74. The fourth-order valence-electron chi connectivity index (χ4n) is 1.40. The summed E-state index contributed by atoms with van der Waals surface area (Å²) in [5.74, 6) is 0. The van der Waals surface area contributed by atoms with E-state index in [1.54, 1.807) is 0 Å². The molecule has 1 aliphatic rings. The molecule has 0 atom stereocenters. The summed E-state index contributed by atoms with van der Waals surface area (Å²) in [5, 5.41) is 0.316. The highest BCUT2D eigenvalue weighted by Gasteiger charge is 2.43. The SMILES string of the molecule is COC1(CCO[Si](C)(C)C(C)(C)C)CC1. The third-order valence-electron chi connectivity index (χ3n) is 4.07. The Morgan fingerprint density at radius 2 is 1.73 bits per heavy atom. The molecule has 0 heterocycles. The fourth-order valence-corrected chi connectivity index (χ4v) is 2.45. The van der Waals surface area contributed by atoms with E-state index in [1.165, 1.54) is 12.8 Å². The summed E-state index contributed by atoms with van der Waals surface area (Å²) in [7, 11) is 0.274. The fraction of sp³-hybridized carbons (Fsp3) is 1.00. The summed E-state index contributed by atoms with van der Waals surface area (Å²) < 4.78 is 11.6. The highest BCUT2D eigenvalue weighted by Crippen LogP contribution is 2.43. The first-order valence-electron chi connectivity index (χ1n) is 5.92. The van der Waals surface area contributed by atoms with Crippen LogP contribution in [0.4, 0.5) is 0 Å². The molecule has 1 saturated carbocycles. The lowest BCUT2D eigenvalue weighted by molar-refractivity contribution is 0.0580. The van der Waals surface area contributed by atoms with E-state index in [0.717, 1.165) is 13.0 Å². The van der Waals surface area contributed by atoms with Gasteiger partial charge in [0.25, 0.3) is 0 Å². The van der Waals surface area contributed by atoms with Gasteiger partial charge in [-0.15, -0.1) is 0 Å². The summed E-state index contributed by atoms with van der Waals surface area (Å²) >= 11 is 0. The Hall–Kier alpha value is 0.137. The minimum Gasteiger partial charge on any atom is -0.417 e. The topological polar surface area (TPSA) is 18.5 Å². The summed E-state index contributed by atoms with van der Waals surface area (Å²) in [4.78, 5) is 0. The average Bonchev–Trinajstić information content (AvgIpc) is 2.83. The molecule has 3 heteroatoms. The third kappa shape index (κ3) is 3.30. The lowest BCUT2D eigenvalue weighted by Crippen LogP contribution is -2.41. The molecule has 15 heavy (non-hydrogen) atoms. The Morgan fingerprint density at radius 3 is 2.07 bits per heavy atom. The number of hydrogen-bond donors (Lipinski definition) is 0. The smallest absolute Gasteiger partial charge is 0.191 e. The van der Waals surface area contributed by atoms with Crippen LogP contribution >= 0.6 is 0 Å². The molecule has 0 saturated heterocycles. The summed E-state index contributed by atoms with van der Waals surface area (Å²) in [6.07, 6.45) is 3.49.